The lowest BCUT2D eigenvalue weighted by molar-refractivity contribution is 1.24. The normalized spacial score (nSPS) is 13.4. The molecule has 1 rings (SSSR count). The Kier molecular flexibility index (Phi) is 3.12. The summed E-state index contributed by atoms with van der Waals surface area (Å²) < 4.78 is 0. The first-order valence-electron chi connectivity index (χ1n) is 4.38. The molecular weight excluding hydrogens is 175 g/mol. The third-order valence-corrected chi connectivity index (χ3v) is 4.04. The molecule has 0 saturated carbocycles. The molecule has 1 aromatic carbocycles. The van der Waals surface area contributed by atoms with Gasteiger partial charge in [0.1, 0.15) is 0 Å². The number of rotatable bonds is 2. The maximum atomic E-state index is 5.57. The van der Waals surface area contributed by atoms with Gasteiger partial charge in [-0.3, -0.25) is 0 Å². The summed E-state index contributed by atoms with van der Waals surface area (Å²) in [7, 11) is -0.984. The Hall–Kier alpha value is -0.790. The van der Waals surface area contributed by atoms with Gasteiger partial charge in [0, 0.05) is 32.8 Å². The van der Waals surface area contributed by atoms with Crippen molar-refractivity contribution < 1.29 is 0 Å². The van der Waals surface area contributed by atoms with Gasteiger partial charge in [-0.25, -0.2) is 0 Å². The number of benzene rings is 1. The summed E-state index contributed by atoms with van der Waals surface area (Å²) in [6.07, 6.45) is 5.57. The molecule has 0 saturated heterocycles. The van der Waals surface area contributed by atoms with E-state index in [0.29, 0.717) is 5.66 Å². The Labute approximate surface area is 81.7 Å². The van der Waals surface area contributed by atoms with E-state index in [2.05, 4.69) is 50.2 Å². The zero-order valence-electron chi connectivity index (χ0n) is 8.49. The van der Waals surface area contributed by atoms with E-state index in [0.717, 1.165) is 0 Å². The van der Waals surface area contributed by atoms with E-state index < -0.39 is 7.26 Å². The summed E-state index contributed by atoms with van der Waals surface area (Å²) in [5, 5.41) is 0. The molecule has 0 fully saturated rings. The molecule has 1 aromatic rings. The van der Waals surface area contributed by atoms with Gasteiger partial charge in [0.05, 0.1) is 0 Å². The molecule has 68 valence electrons. The largest absolute Gasteiger partial charge is 0.153 e. The third kappa shape index (κ3) is 2.58. The third-order valence-electron chi connectivity index (χ3n) is 2.05. The van der Waals surface area contributed by atoms with E-state index in [1.54, 1.807) is 0 Å². The van der Waals surface area contributed by atoms with Crippen molar-refractivity contribution in [3.63, 3.8) is 0 Å². The van der Waals surface area contributed by atoms with Gasteiger partial charge in [-0.05, 0) is 0 Å². The summed E-state index contributed by atoms with van der Waals surface area (Å²) in [5.74, 6) is 2.91. The minimum absolute atomic E-state index is 0.314. The minimum Gasteiger partial charge on any atom is -0.116 e. The fraction of sp³-hybridized carbons (Fsp3) is 0.333. The molecular formula is C12H16P+. The van der Waals surface area contributed by atoms with Gasteiger partial charge < -0.3 is 0 Å². The quantitative estimate of drug-likeness (QED) is 0.497. The smallest absolute Gasteiger partial charge is 0.116 e. The maximum absolute atomic E-state index is 5.57. The molecule has 0 bridgehead atoms. The van der Waals surface area contributed by atoms with Crippen LogP contribution in [0.15, 0.2) is 30.3 Å². The minimum atomic E-state index is -0.984. The molecule has 0 spiro atoms. The van der Waals surface area contributed by atoms with E-state index in [-0.39, 0.29) is 0 Å². The Balaban J connectivity index is 3.01. The topological polar surface area (TPSA) is 0 Å². The van der Waals surface area contributed by atoms with Crippen molar-refractivity contribution in [3.05, 3.63) is 35.9 Å². The van der Waals surface area contributed by atoms with Crippen LogP contribution in [0.25, 0.3) is 0 Å². The van der Waals surface area contributed by atoms with Crippen LogP contribution in [-0.2, 0) is 0 Å². The van der Waals surface area contributed by atoms with Crippen molar-refractivity contribution in [1.82, 2.24) is 0 Å². The zero-order valence-corrected chi connectivity index (χ0v) is 9.38. The first kappa shape index (κ1) is 10.3. The highest BCUT2D eigenvalue weighted by Gasteiger charge is 2.30. The highest BCUT2D eigenvalue weighted by atomic mass is 31.2. The SMILES string of the molecule is C#C[C@@H](c1ccccc1)[P+](C)(C)C. The van der Waals surface area contributed by atoms with Crippen LogP contribution in [0, 0.1) is 12.3 Å². The molecule has 0 N–H and O–H groups in total. The lowest BCUT2D eigenvalue weighted by atomic mass is 10.1. The Morgan fingerprint density at radius 2 is 1.69 bits per heavy atom. The van der Waals surface area contributed by atoms with E-state index in [1.807, 2.05) is 6.07 Å². The van der Waals surface area contributed by atoms with Crippen LogP contribution in [-0.4, -0.2) is 20.0 Å². The van der Waals surface area contributed by atoms with E-state index >= 15 is 0 Å². The molecule has 0 heterocycles. The molecule has 0 aliphatic heterocycles. The van der Waals surface area contributed by atoms with E-state index in [1.165, 1.54) is 5.56 Å². The molecule has 0 radical (unpaired) electrons. The zero-order chi connectivity index (χ0) is 9.90. The fourth-order valence-corrected chi connectivity index (χ4v) is 2.92. The number of hydrogen-bond donors (Lipinski definition) is 0. The molecule has 0 amide bonds. The fourth-order valence-electron chi connectivity index (χ4n) is 1.40. The first-order valence-corrected chi connectivity index (χ1v) is 7.58. The highest BCUT2D eigenvalue weighted by Crippen LogP contribution is 2.60. The van der Waals surface area contributed by atoms with Gasteiger partial charge in [0.2, 0.25) is 0 Å². The molecule has 0 aliphatic rings. The predicted octanol–water partition coefficient (Wildman–Crippen LogP) is 3.27. The molecule has 0 unspecified atom stereocenters. The summed E-state index contributed by atoms with van der Waals surface area (Å²) in [5.41, 5.74) is 1.60. The summed E-state index contributed by atoms with van der Waals surface area (Å²) in [6, 6.07) is 10.4. The summed E-state index contributed by atoms with van der Waals surface area (Å²) in [6.45, 7) is 6.85. The monoisotopic (exact) mass is 191 g/mol. The molecule has 13 heavy (non-hydrogen) atoms. The van der Waals surface area contributed by atoms with Gasteiger partial charge in [-0.15, -0.1) is 6.42 Å². The van der Waals surface area contributed by atoms with Crippen molar-refractivity contribution >= 4 is 7.26 Å². The van der Waals surface area contributed by atoms with Crippen molar-refractivity contribution in [3.8, 4) is 12.3 Å². The average molecular weight is 191 g/mol. The molecule has 1 heteroatoms. The van der Waals surface area contributed by atoms with Gasteiger partial charge in [0.15, 0.2) is 5.66 Å². The van der Waals surface area contributed by atoms with Gasteiger partial charge >= 0.3 is 0 Å². The molecule has 0 aromatic heterocycles. The van der Waals surface area contributed by atoms with Gasteiger partial charge in [-0.2, -0.15) is 0 Å². The average Bonchev–Trinajstić information content (AvgIpc) is 2.05. The predicted molar refractivity (Wildman–Crippen MR) is 62.7 cm³/mol. The van der Waals surface area contributed by atoms with Gasteiger partial charge in [-0.1, -0.05) is 36.3 Å². The van der Waals surface area contributed by atoms with Crippen LogP contribution in [0.3, 0.4) is 0 Å². The summed E-state index contributed by atoms with van der Waals surface area (Å²) >= 11 is 0. The van der Waals surface area contributed by atoms with Crippen LogP contribution < -0.4 is 0 Å². The molecule has 0 nitrogen and oxygen atoms in total. The lowest BCUT2D eigenvalue weighted by Gasteiger charge is -2.19. The van der Waals surface area contributed by atoms with E-state index in [4.69, 9.17) is 6.42 Å². The van der Waals surface area contributed by atoms with Crippen LogP contribution >= 0.6 is 7.26 Å². The summed E-state index contributed by atoms with van der Waals surface area (Å²) in [4.78, 5) is 0. The van der Waals surface area contributed by atoms with Crippen LogP contribution in [0.4, 0.5) is 0 Å². The van der Waals surface area contributed by atoms with Crippen molar-refractivity contribution in [2.45, 2.75) is 5.66 Å². The maximum Gasteiger partial charge on any atom is 0.153 e. The Morgan fingerprint density at radius 1 is 1.15 bits per heavy atom. The number of terminal acetylenes is 1. The van der Waals surface area contributed by atoms with Crippen molar-refractivity contribution in [2.75, 3.05) is 20.0 Å². The van der Waals surface area contributed by atoms with Crippen molar-refractivity contribution in [1.29, 1.82) is 0 Å². The van der Waals surface area contributed by atoms with E-state index in [9.17, 15) is 0 Å². The molecule has 1 atom stereocenters. The second kappa shape index (κ2) is 3.95. The molecule has 0 aliphatic carbocycles. The van der Waals surface area contributed by atoms with Gasteiger partial charge in [0.25, 0.3) is 0 Å². The standard InChI is InChI=1S/C12H16P/c1-5-12(13(2,3)4)11-9-7-6-8-10-11/h1,6-10,12H,2-4H3/q+1/t12-/m0/s1. The first-order chi connectivity index (χ1) is 6.05. The van der Waals surface area contributed by atoms with Crippen LogP contribution in [0.5, 0.6) is 0 Å². The second-order valence-corrected chi connectivity index (χ2v) is 8.84. The van der Waals surface area contributed by atoms with Crippen LogP contribution in [0.2, 0.25) is 0 Å². The van der Waals surface area contributed by atoms with Crippen molar-refractivity contribution in [2.24, 2.45) is 0 Å². The van der Waals surface area contributed by atoms with Crippen LogP contribution in [0.1, 0.15) is 11.2 Å². The number of hydrogen-bond acceptors (Lipinski definition) is 0. The Morgan fingerprint density at radius 3 is 2.08 bits per heavy atom. The highest BCUT2D eigenvalue weighted by molar-refractivity contribution is 7.74. The Bertz CT molecular complexity index is 300. The lowest BCUT2D eigenvalue weighted by Crippen LogP contribution is -2.00. The second-order valence-electron chi connectivity index (χ2n) is 4.10.